The summed E-state index contributed by atoms with van der Waals surface area (Å²) in [6.07, 6.45) is 2.25. The predicted octanol–water partition coefficient (Wildman–Crippen LogP) is 1.11. The van der Waals surface area contributed by atoms with Crippen LogP contribution in [0.2, 0.25) is 0 Å². The lowest BCUT2D eigenvalue weighted by atomic mass is 9.97. The van der Waals surface area contributed by atoms with Crippen LogP contribution in [0.25, 0.3) is 0 Å². The molecule has 0 spiro atoms. The van der Waals surface area contributed by atoms with Crippen molar-refractivity contribution in [3.8, 4) is 0 Å². The molecular formula is C11H23NO2. The average Bonchev–Trinajstić information content (AvgIpc) is 2.17. The Labute approximate surface area is 87.1 Å². The molecule has 0 radical (unpaired) electrons. The highest BCUT2D eigenvalue weighted by Crippen LogP contribution is 2.19. The van der Waals surface area contributed by atoms with E-state index in [1.807, 2.05) is 6.92 Å². The Balaban J connectivity index is 2.39. The molecule has 3 atom stereocenters. The number of piperidine rings is 1. The topological polar surface area (TPSA) is 32.7 Å². The van der Waals surface area contributed by atoms with Gasteiger partial charge in [0.25, 0.3) is 0 Å². The zero-order valence-electron chi connectivity index (χ0n) is 9.57. The normalized spacial score (nSPS) is 28.7. The molecule has 1 saturated heterocycles. The molecule has 0 aliphatic carbocycles. The number of hydrogen-bond donors (Lipinski definition) is 1. The van der Waals surface area contributed by atoms with Gasteiger partial charge in [-0.25, -0.2) is 0 Å². The number of ether oxygens (including phenoxy) is 1. The molecule has 0 aromatic heterocycles. The molecule has 1 aliphatic rings. The number of aliphatic hydroxyl groups excluding tert-OH is 1. The SMILES string of the molecule is COCC1CCCN(C(C)C(C)O)C1. The van der Waals surface area contributed by atoms with Crippen LogP contribution in [0.15, 0.2) is 0 Å². The van der Waals surface area contributed by atoms with Crippen molar-refractivity contribution in [2.24, 2.45) is 5.92 Å². The van der Waals surface area contributed by atoms with Crippen molar-refractivity contribution in [2.45, 2.75) is 38.8 Å². The Bertz CT molecular complexity index is 159. The molecule has 14 heavy (non-hydrogen) atoms. The first kappa shape index (κ1) is 12.0. The number of methoxy groups -OCH3 is 1. The average molecular weight is 201 g/mol. The fourth-order valence-corrected chi connectivity index (χ4v) is 2.14. The number of hydrogen-bond acceptors (Lipinski definition) is 3. The van der Waals surface area contributed by atoms with Crippen molar-refractivity contribution in [2.75, 3.05) is 26.8 Å². The van der Waals surface area contributed by atoms with Crippen LogP contribution in [-0.4, -0.2) is 49.0 Å². The summed E-state index contributed by atoms with van der Waals surface area (Å²) >= 11 is 0. The molecule has 0 amide bonds. The second-order valence-electron chi connectivity index (χ2n) is 4.44. The first-order valence-corrected chi connectivity index (χ1v) is 5.56. The quantitative estimate of drug-likeness (QED) is 0.739. The number of likely N-dealkylation sites (tertiary alicyclic amines) is 1. The summed E-state index contributed by atoms with van der Waals surface area (Å²) < 4.78 is 5.18. The fourth-order valence-electron chi connectivity index (χ4n) is 2.14. The van der Waals surface area contributed by atoms with Gasteiger partial charge in [0, 0.05) is 19.7 Å². The van der Waals surface area contributed by atoms with E-state index >= 15 is 0 Å². The zero-order valence-corrected chi connectivity index (χ0v) is 9.57. The summed E-state index contributed by atoms with van der Waals surface area (Å²) in [7, 11) is 1.76. The molecule has 3 unspecified atom stereocenters. The maximum Gasteiger partial charge on any atom is 0.0664 e. The third kappa shape index (κ3) is 3.23. The summed E-state index contributed by atoms with van der Waals surface area (Å²) in [5.41, 5.74) is 0. The molecule has 3 heteroatoms. The van der Waals surface area contributed by atoms with Crippen LogP contribution in [0.3, 0.4) is 0 Å². The molecule has 0 aromatic rings. The fraction of sp³-hybridized carbons (Fsp3) is 1.00. The number of aliphatic hydroxyl groups is 1. The summed E-state index contributed by atoms with van der Waals surface area (Å²) in [4.78, 5) is 2.37. The van der Waals surface area contributed by atoms with Gasteiger partial charge in [0.1, 0.15) is 0 Å². The maximum absolute atomic E-state index is 9.52. The van der Waals surface area contributed by atoms with Gasteiger partial charge in [0.15, 0.2) is 0 Å². The number of rotatable bonds is 4. The lowest BCUT2D eigenvalue weighted by molar-refractivity contribution is 0.0247. The van der Waals surface area contributed by atoms with Gasteiger partial charge in [-0.1, -0.05) is 0 Å². The van der Waals surface area contributed by atoms with Crippen molar-refractivity contribution in [1.29, 1.82) is 0 Å². The molecule has 0 saturated carbocycles. The van der Waals surface area contributed by atoms with Gasteiger partial charge < -0.3 is 9.84 Å². The van der Waals surface area contributed by atoms with E-state index in [1.54, 1.807) is 7.11 Å². The third-order valence-electron chi connectivity index (χ3n) is 3.23. The van der Waals surface area contributed by atoms with Crippen LogP contribution in [0, 0.1) is 5.92 Å². The van der Waals surface area contributed by atoms with Gasteiger partial charge >= 0.3 is 0 Å². The van der Waals surface area contributed by atoms with Gasteiger partial charge in [-0.2, -0.15) is 0 Å². The maximum atomic E-state index is 9.52. The number of nitrogens with zero attached hydrogens (tertiary/aromatic N) is 1. The van der Waals surface area contributed by atoms with Gasteiger partial charge in [-0.3, -0.25) is 4.90 Å². The van der Waals surface area contributed by atoms with E-state index in [4.69, 9.17) is 4.74 Å². The Morgan fingerprint density at radius 1 is 1.50 bits per heavy atom. The molecule has 84 valence electrons. The molecule has 0 aromatic carbocycles. The Kier molecular flexibility index (Phi) is 4.85. The van der Waals surface area contributed by atoms with Crippen molar-refractivity contribution in [3.63, 3.8) is 0 Å². The first-order chi connectivity index (χ1) is 6.65. The van der Waals surface area contributed by atoms with E-state index in [9.17, 15) is 5.11 Å². The molecule has 1 fully saturated rings. The van der Waals surface area contributed by atoms with Crippen LogP contribution in [-0.2, 0) is 4.74 Å². The van der Waals surface area contributed by atoms with E-state index in [0.29, 0.717) is 5.92 Å². The van der Waals surface area contributed by atoms with Gasteiger partial charge in [0.2, 0.25) is 0 Å². The summed E-state index contributed by atoms with van der Waals surface area (Å²) in [5, 5.41) is 9.52. The molecule has 3 nitrogen and oxygen atoms in total. The predicted molar refractivity (Wildman–Crippen MR) is 57.3 cm³/mol. The monoisotopic (exact) mass is 201 g/mol. The van der Waals surface area contributed by atoms with E-state index < -0.39 is 0 Å². The summed E-state index contributed by atoms with van der Waals surface area (Å²) in [6.45, 7) is 7.00. The lowest BCUT2D eigenvalue weighted by Gasteiger charge is -2.37. The van der Waals surface area contributed by atoms with Gasteiger partial charge in [0.05, 0.1) is 12.7 Å². The van der Waals surface area contributed by atoms with E-state index in [1.165, 1.54) is 12.8 Å². The second-order valence-corrected chi connectivity index (χ2v) is 4.44. The Morgan fingerprint density at radius 3 is 2.79 bits per heavy atom. The molecule has 1 rings (SSSR count). The van der Waals surface area contributed by atoms with E-state index in [0.717, 1.165) is 19.7 Å². The van der Waals surface area contributed by atoms with Gasteiger partial charge in [-0.05, 0) is 39.2 Å². The highest BCUT2D eigenvalue weighted by atomic mass is 16.5. The molecule has 1 N–H and O–H groups in total. The minimum Gasteiger partial charge on any atom is -0.392 e. The van der Waals surface area contributed by atoms with Gasteiger partial charge in [-0.15, -0.1) is 0 Å². The Hall–Kier alpha value is -0.120. The van der Waals surface area contributed by atoms with Crippen molar-refractivity contribution >= 4 is 0 Å². The first-order valence-electron chi connectivity index (χ1n) is 5.56. The smallest absolute Gasteiger partial charge is 0.0664 e. The molecular weight excluding hydrogens is 178 g/mol. The van der Waals surface area contributed by atoms with Crippen molar-refractivity contribution in [3.05, 3.63) is 0 Å². The third-order valence-corrected chi connectivity index (χ3v) is 3.23. The molecule has 1 aliphatic heterocycles. The minimum atomic E-state index is -0.240. The standard InChI is InChI=1S/C11H23NO2/c1-9(10(2)13)12-6-4-5-11(7-12)8-14-3/h9-11,13H,4-8H2,1-3H3. The van der Waals surface area contributed by atoms with Crippen LogP contribution in [0.1, 0.15) is 26.7 Å². The minimum absolute atomic E-state index is 0.240. The summed E-state index contributed by atoms with van der Waals surface area (Å²) in [6, 6.07) is 0.273. The van der Waals surface area contributed by atoms with E-state index in [-0.39, 0.29) is 12.1 Å². The zero-order chi connectivity index (χ0) is 10.6. The summed E-state index contributed by atoms with van der Waals surface area (Å²) in [5.74, 6) is 0.648. The molecule has 1 heterocycles. The van der Waals surface area contributed by atoms with Crippen molar-refractivity contribution < 1.29 is 9.84 Å². The lowest BCUT2D eigenvalue weighted by Crippen LogP contribution is -2.46. The van der Waals surface area contributed by atoms with Crippen molar-refractivity contribution in [1.82, 2.24) is 4.90 Å². The largest absolute Gasteiger partial charge is 0.392 e. The van der Waals surface area contributed by atoms with Crippen LogP contribution < -0.4 is 0 Å². The highest BCUT2D eigenvalue weighted by Gasteiger charge is 2.25. The van der Waals surface area contributed by atoms with E-state index in [2.05, 4.69) is 11.8 Å². The molecule has 0 bridgehead atoms. The second kappa shape index (κ2) is 5.69. The van der Waals surface area contributed by atoms with Crippen LogP contribution >= 0.6 is 0 Å². The highest BCUT2D eigenvalue weighted by molar-refractivity contribution is 4.79. The van der Waals surface area contributed by atoms with Crippen LogP contribution in [0.4, 0.5) is 0 Å². The Morgan fingerprint density at radius 2 is 2.21 bits per heavy atom. The van der Waals surface area contributed by atoms with Crippen LogP contribution in [0.5, 0.6) is 0 Å².